The van der Waals surface area contributed by atoms with E-state index in [1.165, 1.54) is 0 Å². The Bertz CT molecular complexity index is 308. The predicted molar refractivity (Wildman–Crippen MR) is 59.3 cm³/mol. The molecule has 0 aromatic carbocycles. The lowest BCUT2D eigenvalue weighted by atomic mass is 10.2. The Morgan fingerprint density at radius 1 is 1.38 bits per heavy atom. The van der Waals surface area contributed by atoms with Gasteiger partial charge in [-0.05, 0) is 6.92 Å². The van der Waals surface area contributed by atoms with Crippen LogP contribution in [-0.2, 0) is 10.6 Å². The van der Waals surface area contributed by atoms with Crippen LogP contribution in [-0.4, -0.2) is 20.3 Å². The summed E-state index contributed by atoms with van der Waals surface area (Å²) in [5.74, 6) is 1.36. The summed E-state index contributed by atoms with van der Waals surface area (Å²) < 4.78 is 10.6. The number of alkyl halides is 1. The normalized spacial score (nSPS) is 9.69. The summed E-state index contributed by atoms with van der Waals surface area (Å²) in [7, 11) is 1.69. The van der Waals surface area contributed by atoms with Crippen LogP contribution in [0.5, 0.6) is 5.75 Å². The third-order valence-electron chi connectivity index (χ3n) is 2.20. The monoisotopic (exact) mass is 265 g/mol. The SMILES string of the molecule is COCCCOc1cc[nH+]c(CCl)c1C.[Cl-]. The van der Waals surface area contributed by atoms with Crippen molar-refractivity contribution in [1.29, 1.82) is 0 Å². The Kier molecular flexibility index (Phi) is 8.35. The average molecular weight is 266 g/mol. The Morgan fingerprint density at radius 3 is 2.75 bits per heavy atom. The fourth-order valence-electron chi connectivity index (χ4n) is 1.28. The van der Waals surface area contributed by atoms with Crippen LogP contribution in [0.3, 0.4) is 0 Å². The average Bonchev–Trinajstić information content (AvgIpc) is 2.26. The molecule has 1 heterocycles. The minimum absolute atomic E-state index is 0. The molecule has 0 saturated carbocycles. The lowest BCUT2D eigenvalue weighted by molar-refractivity contribution is -0.389. The second-order valence-electron chi connectivity index (χ2n) is 3.27. The van der Waals surface area contributed by atoms with Crippen LogP contribution in [0, 0.1) is 6.92 Å². The van der Waals surface area contributed by atoms with Crippen molar-refractivity contribution in [3.05, 3.63) is 23.5 Å². The molecule has 0 aliphatic heterocycles. The smallest absolute Gasteiger partial charge is 0.201 e. The van der Waals surface area contributed by atoms with E-state index in [9.17, 15) is 0 Å². The van der Waals surface area contributed by atoms with Gasteiger partial charge >= 0.3 is 0 Å². The third-order valence-corrected chi connectivity index (χ3v) is 2.47. The molecule has 1 aromatic heterocycles. The van der Waals surface area contributed by atoms with E-state index >= 15 is 0 Å². The molecule has 0 spiro atoms. The van der Waals surface area contributed by atoms with Crippen molar-refractivity contribution in [2.75, 3.05) is 20.3 Å². The van der Waals surface area contributed by atoms with E-state index in [4.69, 9.17) is 21.1 Å². The largest absolute Gasteiger partial charge is 1.00 e. The molecule has 16 heavy (non-hydrogen) atoms. The van der Waals surface area contributed by atoms with Crippen molar-refractivity contribution >= 4 is 11.6 Å². The van der Waals surface area contributed by atoms with E-state index in [1.54, 1.807) is 7.11 Å². The summed E-state index contributed by atoms with van der Waals surface area (Å²) in [5, 5.41) is 0. The van der Waals surface area contributed by atoms with Crippen molar-refractivity contribution in [1.82, 2.24) is 0 Å². The minimum Gasteiger partial charge on any atom is -1.00 e. The van der Waals surface area contributed by atoms with Crippen LogP contribution in [0.4, 0.5) is 0 Å². The number of hydrogen-bond donors (Lipinski definition) is 0. The maximum absolute atomic E-state index is 5.78. The zero-order valence-electron chi connectivity index (χ0n) is 9.56. The Labute approximate surface area is 108 Å². The van der Waals surface area contributed by atoms with E-state index in [2.05, 4.69) is 4.98 Å². The van der Waals surface area contributed by atoms with Crippen molar-refractivity contribution < 1.29 is 26.9 Å². The fourth-order valence-corrected chi connectivity index (χ4v) is 1.56. The summed E-state index contributed by atoms with van der Waals surface area (Å²) in [5.41, 5.74) is 2.07. The molecular weight excluding hydrogens is 249 g/mol. The molecule has 92 valence electrons. The number of aromatic nitrogens is 1. The molecule has 0 aliphatic carbocycles. The van der Waals surface area contributed by atoms with Gasteiger partial charge in [-0.3, -0.25) is 0 Å². The number of nitrogens with one attached hydrogen (secondary N) is 1. The minimum atomic E-state index is 0. The summed E-state index contributed by atoms with van der Waals surface area (Å²) in [4.78, 5) is 3.09. The van der Waals surface area contributed by atoms with E-state index in [1.807, 2.05) is 19.2 Å². The molecule has 3 nitrogen and oxygen atoms in total. The van der Waals surface area contributed by atoms with Gasteiger partial charge in [-0.25, -0.2) is 4.98 Å². The maximum atomic E-state index is 5.78. The van der Waals surface area contributed by atoms with Crippen LogP contribution >= 0.6 is 11.6 Å². The standard InChI is InChI=1S/C11H16ClNO2.ClH/c1-9-10(8-12)13-5-4-11(9)15-7-3-6-14-2;/h4-5H,3,6-8H2,1-2H3;1H. The molecule has 0 bridgehead atoms. The number of pyridine rings is 1. The van der Waals surface area contributed by atoms with E-state index in [0.717, 1.165) is 30.0 Å². The van der Waals surface area contributed by atoms with Gasteiger partial charge in [0.15, 0.2) is 6.20 Å². The lowest BCUT2D eigenvalue weighted by Crippen LogP contribution is -3.00. The maximum Gasteiger partial charge on any atom is 0.201 e. The van der Waals surface area contributed by atoms with Crippen LogP contribution in [0.2, 0.25) is 0 Å². The fraction of sp³-hybridized carbons (Fsp3) is 0.545. The number of ether oxygens (including phenoxy) is 2. The molecule has 1 aromatic rings. The van der Waals surface area contributed by atoms with Gasteiger partial charge in [0.2, 0.25) is 5.69 Å². The molecule has 0 unspecified atom stereocenters. The van der Waals surface area contributed by atoms with Gasteiger partial charge in [0.05, 0.1) is 12.2 Å². The molecule has 0 amide bonds. The molecular formula is C11H17Cl2NO2. The lowest BCUT2D eigenvalue weighted by Gasteiger charge is -2.07. The van der Waals surface area contributed by atoms with Crippen molar-refractivity contribution in [2.45, 2.75) is 19.2 Å². The van der Waals surface area contributed by atoms with Gasteiger partial charge in [-0.2, -0.15) is 0 Å². The summed E-state index contributed by atoms with van der Waals surface area (Å²) in [6.07, 6.45) is 2.74. The Morgan fingerprint density at radius 2 is 2.12 bits per heavy atom. The topological polar surface area (TPSA) is 32.6 Å². The van der Waals surface area contributed by atoms with E-state index in [-0.39, 0.29) is 12.4 Å². The van der Waals surface area contributed by atoms with Gasteiger partial charge in [0.25, 0.3) is 0 Å². The van der Waals surface area contributed by atoms with Crippen LogP contribution in [0.25, 0.3) is 0 Å². The van der Waals surface area contributed by atoms with Crippen LogP contribution in [0.15, 0.2) is 12.3 Å². The van der Waals surface area contributed by atoms with E-state index < -0.39 is 0 Å². The van der Waals surface area contributed by atoms with Crippen molar-refractivity contribution in [3.63, 3.8) is 0 Å². The first-order valence-electron chi connectivity index (χ1n) is 4.97. The number of hydrogen-bond acceptors (Lipinski definition) is 2. The highest BCUT2D eigenvalue weighted by Gasteiger charge is 2.09. The molecule has 0 aliphatic rings. The first-order valence-corrected chi connectivity index (χ1v) is 5.51. The number of rotatable bonds is 6. The molecule has 0 radical (unpaired) electrons. The van der Waals surface area contributed by atoms with Gasteiger partial charge in [-0.15, -0.1) is 11.6 Å². The second kappa shape index (κ2) is 8.62. The number of halogens is 2. The van der Waals surface area contributed by atoms with Gasteiger partial charge in [0.1, 0.15) is 11.6 Å². The zero-order chi connectivity index (χ0) is 11.1. The highest BCUT2D eigenvalue weighted by molar-refractivity contribution is 6.16. The van der Waals surface area contributed by atoms with Gasteiger partial charge < -0.3 is 21.9 Å². The predicted octanol–water partition coefficient (Wildman–Crippen LogP) is -1.03. The highest BCUT2D eigenvalue weighted by Crippen LogP contribution is 2.18. The molecule has 5 heteroatoms. The molecule has 1 N–H and O–H groups in total. The van der Waals surface area contributed by atoms with Crippen molar-refractivity contribution in [2.24, 2.45) is 0 Å². The molecule has 0 atom stereocenters. The molecule has 0 fully saturated rings. The third kappa shape index (κ3) is 4.56. The summed E-state index contributed by atoms with van der Waals surface area (Å²) in [6, 6.07) is 1.91. The molecule has 0 saturated heterocycles. The zero-order valence-corrected chi connectivity index (χ0v) is 11.1. The highest BCUT2D eigenvalue weighted by atomic mass is 35.5. The number of aromatic amines is 1. The summed E-state index contributed by atoms with van der Waals surface area (Å²) >= 11 is 5.78. The van der Waals surface area contributed by atoms with Gasteiger partial charge in [-0.1, -0.05) is 0 Å². The summed E-state index contributed by atoms with van der Waals surface area (Å²) in [6.45, 7) is 3.39. The second-order valence-corrected chi connectivity index (χ2v) is 3.54. The first-order chi connectivity index (χ1) is 7.29. The number of H-pyrrole nitrogens is 1. The Balaban J connectivity index is 0.00000225. The van der Waals surface area contributed by atoms with Crippen LogP contribution in [0.1, 0.15) is 17.7 Å². The van der Waals surface area contributed by atoms with Crippen LogP contribution < -0.4 is 22.1 Å². The van der Waals surface area contributed by atoms with Gasteiger partial charge in [0, 0.05) is 26.2 Å². The van der Waals surface area contributed by atoms with Crippen molar-refractivity contribution in [3.8, 4) is 5.75 Å². The van der Waals surface area contributed by atoms with E-state index in [0.29, 0.717) is 12.5 Å². The Hall–Kier alpha value is -0.510. The first kappa shape index (κ1) is 15.5. The number of methoxy groups -OCH3 is 1. The quantitative estimate of drug-likeness (QED) is 0.487. The molecule has 1 rings (SSSR count).